The lowest BCUT2D eigenvalue weighted by Crippen LogP contribution is -2.09. The molecule has 0 saturated carbocycles. The number of rotatable bonds is 5. The number of ether oxygens (including phenoxy) is 1. The molecule has 7 nitrogen and oxygen atoms in total. The maximum absolute atomic E-state index is 12.2. The van der Waals surface area contributed by atoms with E-state index < -0.39 is 42.5 Å². The average molecular weight is 316 g/mol. The molecule has 0 unspecified atom stereocenters. The Bertz CT molecular complexity index is 632. The molecule has 19 heavy (non-hydrogen) atoms. The molecule has 11 heteroatoms. The fraction of sp³-hybridized carbons (Fsp3) is 0.125. The van der Waals surface area contributed by atoms with Crippen molar-refractivity contribution in [3.63, 3.8) is 0 Å². The second-order valence-corrected chi connectivity index (χ2v) is 5.59. The smallest absolute Gasteiger partial charge is 0.387 e. The number of hydrogen-bond donors (Lipinski definition) is 0. The van der Waals surface area contributed by atoms with Gasteiger partial charge in [0.1, 0.15) is 4.90 Å². The lowest BCUT2D eigenvalue weighted by molar-refractivity contribution is -0.385. The highest BCUT2D eigenvalue weighted by Gasteiger charge is 2.27. The molecule has 1 rings (SSSR count). The number of nitro groups is 1. The first-order valence-electron chi connectivity index (χ1n) is 4.34. The average Bonchev–Trinajstić information content (AvgIpc) is 2.26. The third kappa shape index (κ3) is 3.58. The number of halogens is 3. The van der Waals surface area contributed by atoms with Crippen LogP contribution in [-0.4, -0.2) is 26.2 Å². The van der Waals surface area contributed by atoms with Crippen molar-refractivity contribution >= 4 is 31.7 Å². The Morgan fingerprint density at radius 1 is 1.42 bits per heavy atom. The number of nitrogens with zero attached hydrogens (tertiary/aromatic N) is 1. The number of hydrogen-bond acceptors (Lipinski definition) is 6. The molecule has 0 radical (unpaired) electrons. The van der Waals surface area contributed by atoms with Crippen LogP contribution in [0.3, 0.4) is 0 Å². The van der Waals surface area contributed by atoms with Gasteiger partial charge >= 0.3 is 6.61 Å². The van der Waals surface area contributed by atoms with Crippen LogP contribution in [0, 0.1) is 10.1 Å². The van der Waals surface area contributed by atoms with Crippen LogP contribution in [0.2, 0.25) is 0 Å². The Morgan fingerprint density at radius 2 is 2.00 bits per heavy atom. The summed E-state index contributed by atoms with van der Waals surface area (Å²) in [7, 11) is 0.344. The highest BCUT2D eigenvalue weighted by Crippen LogP contribution is 2.35. The predicted molar refractivity (Wildman–Crippen MR) is 58.2 cm³/mol. The van der Waals surface area contributed by atoms with Gasteiger partial charge in [0.05, 0.1) is 10.5 Å². The maximum Gasteiger partial charge on any atom is 0.387 e. The van der Waals surface area contributed by atoms with Crippen LogP contribution in [0.5, 0.6) is 5.75 Å². The van der Waals surface area contributed by atoms with E-state index in [1.54, 1.807) is 0 Å². The van der Waals surface area contributed by atoms with Crippen molar-refractivity contribution in [3.05, 3.63) is 27.8 Å². The highest BCUT2D eigenvalue weighted by atomic mass is 35.7. The molecule has 0 spiro atoms. The summed E-state index contributed by atoms with van der Waals surface area (Å²) < 4.78 is 50.5. The van der Waals surface area contributed by atoms with Crippen LogP contribution in [0.1, 0.15) is 10.4 Å². The van der Waals surface area contributed by atoms with Crippen molar-refractivity contribution in [1.29, 1.82) is 0 Å². The second-order valence-electron chi connectivity index (χ2n) is 3.05. The summed E-state index contributed by atoms with van der Waals surface area (Å²) in [6.07, 6.45) is -0.0592. The summed E-state index contributed by atoms with van der Waals surface area (Å²) in [5.41, 5.74) is -1.53. The van der Waals surface area contributed by atoms with E-state index in [9.17, 15) is 32.1 Å². The minimum atomic E-state index is -4.62. The second kappa shape index (κ2) is 5.45. The van der Waals surface area contributed by atoms with Crippen LogP contribution < -0.4 is 4.74 Å². The van der Waals surface area contributed by atoms with E-state index in [1.807, 2.05) is 0 Å². The first kappa shape index (κ1) is 15.2. The number of aldehydes is 1. The molecule has 0 heterocycles. The number of benzene rings is 1. The minimum absolute atomic E-state index is 0.0592. The molecule has 0 aliphatic rings. The summed E-state index contributed by atoms with van der Waals surface area (Å²) in [6.45, 7) is -3.43. The Balaban J connectivity index is 3.67. The molecular formula is C8H4ClF2NO6S. The molecule has 0 amide bonds. The first-order chi connectivity index (χ1) is 8.66. The third-order valence-corrected chi connectivity index (χ3v) is 3.20. The largest absolute Gasteiger partial charge is 0.433 e. The molecule has 0 aliphatic heterocycles. The Kier molecular flexibility index (Phi) is 4.37. The topological polar surface area (TPSA) is 104 Å². The standard InChI is InChI=1S/C8H4ClF2NO6S/c9-19(16,17)6-2-5(12(14)15)1-4(3-13)7(6)18-8(10)11/h1-3,8H. The van der Waals surface area contributed by atoms with Crippen LogP contribution in [-0.2, 0) is 9.05 Å². The lowest BCUT2D eigenvalue weighted by Gasteiger charge is -2.10. The Hall–Kier alpha value is -1.81. The van der Waals surface area contributed by atoms with E-state index in [0.717, 1.165) is 0 Å². The fourth-order valence-corrected chi connectivity index (χ4v) is 2.19. The number of nitro benzene ring substituents is 1. The molecule has 1 aromatic carbocycles. The van der Waals surface area contributed by atoms with E-state index in [2.05, 4.69) is 4.74 Å². The van der Waals surface area contributed by atoms with Crippen molar-refractivity contribution in [3.8, 4) is 5.75 Å². The Labute approximate surface area is 109 Å². The first-order valence-corrected chi connectivity index (χ1v) is 6.65. The summed E-state index contributed by atoms with van der Waals surface area (Å²) in [6, 6.07) is 1.02. The zero-order valence-corrected chi connectivity index (χ0v) is 10.3. The summed E-state index contributed by atoms with van der Waals surface area (Å²) in [5, 5.41) is 10.5. The van der Waals surface area contributed by atoms with Crippen molar-refractivity contribution < 1.29 is 31.7 Å². The van der Waals surface area contributed by atoms with Gasteiger partial charge in [0, 0.05) is 22.8 Å². The molecular weight excluding hydrogens is 312 g/mol. The molecule has 104 valence electrons. The van der Waals surface area contributed by atoms with Gasteiger partial charge in [-0.1, -0.05) is 0 Å². The number of alkyl halides is 2. The van der Waals surface area contributed by atoms with Gasteiger partial charge in [0.2, 0.25) is 0 Å². The molecule has 0 aliphatic carbocycles. The van der Waals surface area contributed by atoms with E-state index >= 15 is 0 Å². The monoisotopic (exact) mass is 315 g/mol. The van der Waals surface area contributed by atoms with Gasteiger partial charge in [0.25, 0.3) is 14.7 Å². The van der Waals surface area contributed by atoms with Gasteiger partial charge in [-0.3, -0.25) is 14.9 Å². The molecule has 0 bridgehead atoms. The fourth-order valence-electron chi connectivity index (χ4n) is 1.20. The van der Waals surface area contributed by atoms with Crippen LogP contribution >= 0.6 is 10.7 Å². The number of carbonyl (C=O) groups excluding carboxylic acids is 1. The highest BCUT2D eigenvalue weighted by molar-refractivity contribution is 8.13. The molecule has 1 aromatic rings. The van der Waals surface area contributed by atoms with E-state index in [0.29, 0.717) is 12.1 Å². The van der Waals surface area contributed by atoms with Gasteiger partial charge in [0.15, 0.2) is 12.0 Å². The molecule has 0 fully saturated rings. The minimum Gasteiger partial charge on any atom is -0.433 e. The van der Waals surface area contributed by atoms with Crippen molar-refractivity contribution in [1.82, 2.24) is 0 Å². The predicted octanol–water partition coefficient (Wildman–Crippen LogP) is 1.94. The number of carbonyl (C=O) groups is 1. The van der Waals surface area contributed by atoms with Gasteiger partial charge in [-0.2, -0.15) is 8.78 Å². The van der Waals surface area contributed by atoms with Gasteiger partial charge in [-0.05, 0) is 0 Å². The SMILES string of the molecule is O=Cc1cc([N+](=O)[O-])cc(S(=O)(=O)Cl)c1OC(F)F. The summed E-state index contributed by atoms with van der Waals surface area (Å²) >= 11 is 0. The number of non-ortho nitro benzene ring substituents is 1. The van der Waals surface area contributed by atoms with Crippen molar-refractivity contribution in [2.24, 2.45) is 0 Å². The molecule has 0 aromatic heterocycles. The maximum atomic E-state index is 12.2. The van der Waals surface area contributed by atoms with E-state index in [1.165, 1.54) is 0 Å². The summed E-state index contributed by atoms with van der Waals surface area (Å²) in [5.74, 6) is -1.04. The van der Waals surface area contributed by atoms with Crippen LogP contribution in [0.15, 0.2) is 17.0 Å². The molecule has 0 atom stereocenters. The zero-order chi connectivity index (χ0) is 14.8. The Morgan fingerprint density at radius 3 is 2.37 bits per heavy atom. The van der Waals surface area contributed by atoms with Crippen molar-refractivity contribution in [2.45, 2.75) is 11.5 Å². The van der Waals surface area contributed by atoms with Crippen molar-refractivity contribution in [2.75, 3.05) is 0 Å². The quantitative estimate of drug-likeness (QED) is 0.356. The zero-order valence-electron chi connectivity index (χ0n) is 8.75. The van der Waals surface area contributed by atoms with Crippen LogP contribution in [0.25, 0.3) is 0 Å². The summed E-state index contributed by atoms with van der Waals surface area (Å²) in [4.78, 5) is 19.1. The normalized spacial score (nSPS) is 11.4. The van der Waals surface area contributed by atoms with Crippen LogP contribution in [0.4, 0.5) is 14.5 Å². The third-order valence-electron chi connectivity index (χ3n) is 1.88. The van der Waals surface area contributed by atoms with Gasteiger partial charge in [-0.15, -0.1) is 0 Å². The van der Waals surface area contributed by atoms with Gasteiger partial charge in [-0.25, -0.2) is 8.42 Å². The van der Waals surface area contributed by atoms with Gasteiger partial charge < -0.3 is 4.74 Å². The van der Waals surface area contributed by atoms with E-state index in [-0.39, 0.29) is 6.29 Å². The molecule has 0 saturated heterocycles. The lowest BCUT2D eigenvalue weighted by atomic mass is 10.2. The van der Waals surface area contributed by atoms with E-state index in [4.69, 9.17) is 10.7 Å². The molecule has 0 N–H and O–H groups in total.